The minimum Gasteiger partial charge on any atom is -0.497 e. The lowest BCUT2D eigenvalue weighted by atomic mass is 10.2. The molecule has 0 unspecified atom stereocenters. The summed E-state index contributed by atoms with van der Waals surface area (Å²) >= 11 is 1.37. The van der Waals surface area contributed by atoms with Crippen LogP contribution in [0.25, 0.3) is 11.4 Å². The molecule has 0 aliphatic heterocycles. The number of hydrogen-bond donors (Lipinski definition) is 1. The predicted molar refractivity (Wildman–Crippen MR) is 93.2 cm³/mol. The zero-order valence-corrected chi connectivity index (χ0v) is 15.1. The van der Waals surface area contributed by atoms with Crippen molar-refractivity contribution in [3.8, 4) is 17.1 Å². The summed E-state index contributed by atoms with van der Waals surface area (Å²) in [5, 5.41) is 11.7. The van der Waals surface area contributed by atoms with Gasteiger partial charge in [0.05, 0.1) is 19.0 Å². The number of nitrogens with zero attached hydrogens (tertiary/aromatic N) is 3. The number of amides is 1. The smallest absolute Gasteiger partial charge is 0.233 e. The van der Waals surface area contributed by atoms with Gasteiger partial charge in [0, 0.05) is 26.3 Å². The topological polar surface area (TPSA) is 78.3 Å². The Hall–Kier alpha value is -2.06. The molecule has 1 aromatic heterocycles. The minimum atomic E-state index is -0.270. The Bertz CT molecular complexity index is 672. The first-order valence-corrected chi connectivity index (χ1v) is 8.42. The lowest BCUT2D eigenvalue weighted by molar-refractivity contribution is -0.120. The molecule has 1 amide bonds. The molecule has 0 saturated carbocycles. The minimum absolute atomic E-state index is 0.0500. The number of methoxy groups -OCH3 is 2. The summed E-state index contributed by atoms with van der Waals surface area (Å²) in [4.78, 5) is 12.0. The predicted octanol–water partition coefficient (Wildman–Crippen LogP) is 1.73. The number of hydrogen-bond acceptors (Lipinski definition) is 6. The van der Waals surface area contributed by atoms with Crippen LogP contribution in [0.3, 0.4) is 0 Å². The van der Waals surface area contributed by atoms with Crippen LogP contribution in [0.4, 0.5) is 0 Å². The molecule has 24 heavy (non-hydrogen) atoms. The van der Waals surface area contributed by atoms with Crippen molar-refractivity contribution < 1.29 is 14.3 Å². The standard InChI is InChI=1S/C16H22N4O3S/c1-11(15(21)17-9-10-22-3)24-16-19-18-14(20(16)2)12-5-7-13(23-4)8-6-12/h5-8,11H,9-10H2,1-4H3,(H,17,21)/t11-/m0/s1. The van der Waals surface area contributed by atoms with Crippen LogP contribution >= 0.6 is 11.8 Å². The van der Waals surface area contributed by atoms with E-state index in [9.17, 15) is 4.79 Å². The average Bonchev–Trinajstić information content (AvgIpc) is 2.95. The highest BCUT2D eigenvalue weighted by Crippen LogP contribution is 2.26. The molecule has 0 saturated heterocycles. The number of carbonyl (C=O) groups excluding carboxylic acids is 1. The highest BCUT2D eigenvalue weighted by atomic mass is 32.2. The zero-order valence-electron chi connectivity index (χ0n) is 14.3. The normalized spacial score (nSPS) is 12.0. The number of benzene rings is 1. The fourth-order valence-electron chi connectivity index (χ4n) is 2.04. The number of ether oxygens (including phenoxy) is 2. The first kappa shape index (κ1) is 18.3. The second kappa shape index (κ2) is 8.70. The number of aromatic nitrogens is 3. The van der Waals surface area contributed by atoms with Gasteiger partial charge in [-0.2, -0.15) is 0 Å². The van der Waals surface area contributed by atoms with Crippen LogP contribution in [-0.4, -0.2) is 53.3 Å². The molecule has 0 aliphatic rings. The molecule has 8 heteroatoms. The molecule has 0 bridgehead atoms. The number of nitrogens with one attached hydrogen (secondary N) is 1. The van der Waals surface area contributed by atoms with Crippen molar-refractivity contribution in [1.29, 1.82) is 0 Å². The quantitative estimate of drug-likeness (QED) is 0.577. The third kappa shape index (κ3) is 4.48. The molecule has 0 radical (unpaired) electrons. The monoisotopic (exact) mass is 350 g/mol. The molecular weight excluding hydrogens is 328 g/mol. The van der Waals surface area contributed by atoms with E-state index in [1.54, 1.807) is 14.2 Å². The fourth-order valence-corrected chi connectivity index (χ4v) is 2.88. The van der Waals surface area contributed by atoms with Gasteiger partial charge in [0.15, 0.2) is 11.0 Å². The second-order valence-electron chi connectivity index (χ2n) is 5.14. The van der Waals surface area contributed by atoms with E-state index in [4.69, 9.17) is 9.47 Å². The van der Waals surface area contributed by atoms with Gasteiger partial charge >= 0.3 is 0 Å². The van der Waals surface area contributed by atoms with E-state index in [1.165, 1.54) is 11.8 Å². The maximum absolute atomic E-state index is 12.0. The van der Waals surface area contributed by atoms with Crippen LogP contribution in [0.1, 0.15) is 6.92 Å². The molecule has 130 valence electrons. The van der Waals surface area contributed by atoms with Crippen LogP contribution < -0.4 is 10.1 Å². The summed E-state index contributed by atoms with van der Waals surface area (Å²) in [6.07, 6.45) is 0. The summed E-state index contributed by atoms with van der Waals surface area (Å²) < 4.78 is 12.0. The van der Waals surface area contributed by atoms with Crippen molar-refractivity contribution >= 4 is 17.7 Å². The maximum atomic E-state index is 12.0. The van der Waals surface area contributed by atoms with Gasteiger partial charge in [0.25, 0.3) is 0 Å². The van der Waals surface area contributed by atoms with Crippen LogP contribution in [0.2, 0.25) is 0 Å². The Morgan fingerprint density at radius 2 is 2.00 bits per heavy atom. The van der Waals surface area contributed by atoms with Gasteiger partial charge in [0.2, 0.25) is 5.91 Å². The van der Waals surface area contributed by atoms with Crippen molar-refractivity contribution in [3.63, 3.8) is 0 Å². The molecule has 1 heterocycles. The van der Waals surface area contributed by atoms with Crippen molar-refractivity contribution in [2.24, 2.45) is 7.05 Å². The Morgan fingerprint density at radius 1 is 1.29 bits per heavy atom. The molecule has 7 nitrogen and oxygen atoms in total. The fraction of sp³-hybridized carbons (Fsp3) is 0.438. The lowest BCUT2D eigenvalue weighted by Crippen LogP contribution is -2.33. The van der Waals surface area contributed by atoms with Crippen LogP contribution in [-0.2, 0) is 16.6 Å². The van der Waals surface area contributed by atoms with Gasteiger partial charge in [-0.25, -0.2) is 0 Å². The van der Waals surface area contributed by atoms with Gasteiger partial charge in [0.1, 0.15) is 5.75 Å². The van der Waals surface area contributed by atoms with E-state index in [1.807, 2.05) is 42.8 Å². The Morgan fingerprint density at radius 3 is 2.62 bits per heavy atom. The van der Waals surface area contributed by atoms with E-state index in [0.29, 0.717) is 18.3 Å². The Labute approximate surface area is 145 Å². The maximum Gasteiger partial charge on any atom is 0.233 e. The van der Waals surface area contributed by atoms with Gasteiger partial charge in [-0.3, -0.25) is 4.79 Å². The van der Waals surface area contributed by atoms with Gasteiger partial charge in [-0.05, 0) is 31.2 Å². The SMILES string of the molecule is COCCNC(=O)[C@H](C)Sc1nnc(-c2ccc(OC)cc2)n1C. The lowest BCUT2D eigenvalue weighted by Gasteiger charge is -2.11. The highest BCUT2D eigenvalue weighted by Gasteiger charge is 2.19. The summed E-state index contributed by atoms with van der Waals surface area (Å²) in [7, 11) is 5.12. The van der Waals surface area contributed by atoms with Crippen molar-refractivity contribution in [2.45, 2.75) is 17.3 Å². The molecule has 1 aromatic carbocycles. The van der Waals surface area contributed by atoms with E-state index in [-0.39, 0.29) is 11.2 Å². The van der Waals surface area contributed by atoms with E-state index in [2.05, 4.69) is 15.5 Å². The highest BCUT2D eigenvalue weighted by molar-refractivity contribution is 8.00. The van der Waals surface area contributed by atoms with E-state index in [0.717, 1.165) is 17.1 Å². The van der Waals surface area contributed by atoms with Crippen molar-refractivity contribution in [3.05, 3.63) is 24.3 Å². The van der Waals surface area contributed by atoms with Gasteiger partial charge in [-0.15, -0.1) is 10.2 Å². The molecule has 1 N–H and O–H groups in total. The Balaban J connectivity index is 2.04. The number of rotatable bonds is 8. The summed E-state index contributed by atoms with van der Waals surface area (Å²) in [5.41, 5.74) is 0.940. The molecular formula is C16H22N4O3S. The molecule has 2 rings (SSSR count). The largest absolute Gasteiger partial charge is 0.497 e. The molecule has 1 atom stereocenters. The third-order valence-electron chi connectivity index (χ3n) is 3.44. The van der Waals surface area contributed by atoms with Crippen molar-refractivity contribution in [2.75, 3.05) is 27.4 Å². The van der Waals surface area contributed by atoms with Crippen LogP contribution in [0, 0.1) is 0 Å². The van der Waals surface area contributed by atoms with E-state index >= 15 is 0 Å². The summed E-state index contributed by atoms with van der Waals surface area (Å²) in [6, 6.07) is 7.61. The molecule has 0 spiro atoms. The second-order valence-corrected chi connectivity index (χ2v) is 6.45. The van der Waals surface area contributed by atoms with E-state index < -0.39 is 0 Å². The first-order valence-electron chi connectivity index (χ1n) is 7.54. The number of carbonyl (C=O) groups is 1. The number of thioether (sulfide) groups is 1. The van der Waals surface area contributed by atoms with Crippen molar-refractivity contribution in [1.82, 2.24) is 20.1 Å². The third-order valence-corrected chi connectivity index (χ3v) is 4.57. The summed E-state index contributed by atoms with van der Waals surface area (Å²) in [5.74, 6) is 1.48. The molecule has 0 aliphatic carbocycles. The average molecular weight is 350 g/mol. The van der Waals surface area contributed by atoms with Gasteiger partial charge in [-0.1, -0.05) is 11.8 Å². The zero-order chi connectivity index (χ0) is 17.5. The van der Waals surface area contributed by atoms with Crippen LogP contribution in [0.5, 0.6) is 5.75 Å². The molecule has 2 aromatic rings. The van der Waals surface area contributed by atoms with Crippen LogP contribution in [0.15, 0.2) is 29.4 Å². The summed E-state index contributed by atoms with van der Waals surface area (Å²) in [6.45, 7) is 2.83. The Kier molecular flexibility index (Phi) is 6.62. The first-order chi connectivity index (χ1) is 11.6. The molecule has 0 fully saturated rings. The van der Waals surface area contributed by atoms with Gasteiger partial charge < -0.3 is 19.4 Å².